The fraction of sp³-hybridized carbons (Fsp3) is 0.526. The summed E-state index contributed by atoms with van der Waals surface area (Å²) in [6, 6.07) is 6.94. The number of ether oxygens (including phenoxy) is 1. The quantitative estimate of drug-likeness (QED) is 0.797. The molecule has 2 aromatic rings. The minimum absolute atomic E-state index is 0.180. The number of β-amino-alcohol motifs (C(OH)–C–C–N with tert-alkyl or cyclic N) is 1. The van der Waals surface area contributed by atoms with Crippen molar-refractivity contribution in [2.45, 2.75) is 45.1 Å². The van der Waals surface area contributed by atoms with Gasteiger partial charge < -0.3 is 9.84 Å². The van der Waals surface area contributed by atoms with Gasteiger partial charge in [-0.3, -0.25) is 9.58 Å². The van der Waals surface area contributed by atoms with Crippen LogP contribution in [0, 0.1) is 12.7 Å². The highest BCUT2D eigenvalue weighted by Crippen LogP contribution is 2.19. The van der Waals surface area contributed by atoms with E-state index in [1.54, 1.807) is 18.2 Å². The second-order valence-electron chi connectivity index (χ2n) is 6.79. The number of aliphatic hydroxyl groups is 1. The van der Waals surface area contributed by atoms with E-state index in [1.807, 2.05) is 24.0 Å². The highest BCUT2D eigenvalue weighted by molar-refractivity contribution is 5.16. The van der Waals surface area contributed by atoms with Gasteiger partial charge in [-0.25, -0.2) is 4.39 Å². The van der Waals surface area contributed by atoms with Gasteiger partial charge in [0, 0.05) is 24.3 Å². The van der Waals surface area contributed by atoms with Crippen molar-refractivity contribution < 1.29 is 14.2 Å². The number of aliphatic hydroxyl groups excluding tert-OH is 1. The predicted molar refractivity (Wildman–Crippen MR) is 93.6 cm³/mol. The molecule has 1 aromatic carbocycles. The Morgan fingerprint density at radius 3 is 3.00 bits per heavy atom. The monoisotopic (exact) mass is 347 g/mol. The fourth-order valence-electron chi connectivity index (χ4n) is 3.37. The lowest BCUT2D eigenvalue weighted by Crippen LogP contribution is -2.40. The SMILES string of the molecule is Cc1cnn(CC2CCCN2CC(O)COCc2ccccc2F)c1. The molecule has 2 atom stereocenters. The van der Waals surface area contributed by atoms with E-state index in [-0.39, 0.29) is 19.0 Å². The molecule has 1 aromatic heterocycles. The first-order chi connectivity index (χ1) is 12.1. The summed E-state index contributed by atoms with van der Waals surface area (Å²) in [5, 5.41) is 14.6. The molecule has 136 valence electrons. The van der Waals surface area contributed by atoms with Crippen molar-refractivity contribution in [1.82, 2.24) is 14.7 Å². The number of hydrogen-bond acceptors (Lipinski definition) is 4. The lowest BCUT2D eigenvalue weighted by molar-refractivity contribution is 0.00595. The molecule has 0 aliphatic carbocycles. The first-order valence-electron chi connectivity index (χ1n) is 8.84. The predicted octanol–water partition coefficient (Wildman–Crippen LogP) is 2.37. The molecule has 0 radical (unpaired) electrons. The fourth-order valence-corrected chi connectivity index (χ4v) is 3.37. The number of hydrogen-bond donors (Lipinski definition) is 1. The van der Waals surface area contributed by atoms with Crippen LogP contribution in [0.25, 0.3) is 0 Å². The molecule has 1 aliphatic rings. The number of aromatic nitrogens is 2. The van der Waals surface area contributed by atoms with Gasteiger partial charge in [-0.2, -0.15) is 5.10 Å². The minimum Gasteiger partial charge on any atom is -0.389 e. The first kappa shape index (κ1) is 18.0. The molecule has 1 fully saturated rings. The third kappa shape index (κ3) is 5.11. The molecule has 0 amide bonds. The van der Waals surface area contributed by atoms with Crippen LogP contribution in [0.2, 0.25) is 0 Å². The van der Waals surface area contributed by atoms with Gasteiger partial charge >= 0.3 is 0 Å². The maximum absolute atomic E-state index is 13.5. The maximum atomic E-state index is 13.5. The molecule has 0 bridgehead atoms. The molecule has 1 N–H and O–H groups in total. The Hall–Kier alpha value is -1.76. The third-order valence-corrected chi connectivity index (χ3v) is 4.63. The van der Waals surface area contributed by atoms with Crippen LogP contribution in [-0.4, -0.2) is 51.6 Å². The largest absolute Gasteiger partial charge is 0.389 e. The van der Waals surface area contributed by atoms with Gasteiger partial charge in [-0.05, 0) is 37.9 Å². The molecule has 3 rings (SSSR count). The van der Waals surface area contributed by atoms with E-state index in [9.17, 15) is 9.50 Å². The van der Waals surface area contributed by atoms with Crippen molar-refractivity contribution in [3.63, 3.8) is 0 Å². The molecule has 25 heavy (non-hydrogen) atoms. The van der Waals surface area contributed by atoms with Crippen LogP contribution in [0.5, 0.6) is 0 Å². The molecule has 1 aliphatic heterocycles. The number of likely N-dealkylation sites (tertiary alicyclic amines) is 1. The summed E-state index contributed by atoms with van der Waals surface area (Å²) in [5.41, 5.74) is 1.67. The van der Waals surface area contributed by atoms with Gasteiger partial charge in [0.25, 0.3) is 0 Å². The Bertz CT molecular complexity index is 676. The summed E-state index contributed by atoms with van der Waals surface area (Å²) in [4.78, 5) is 2.30. The summed E-state index contributed by atoms with van der Waals surface area (Å²) in [5.74, 6) is -0.272. The zero-order valence-electron chi connectivity index (χ0n) is 14.6. The van der Waals surface area contributed by atoms with Crippen LogP contribution in [-0.2, 0) is 17.9 Å². The number of benzene rings is 1. The van der Waals surface area contributed by atoms with Crippen LogP contribution in [0.15, 0.2) is 36.7 Å². The zero-order valence-corrected chi connectivity index (χ0v) is 14.6. The Labute approximate surface area is 148 Å². The molecule has 6 heteroatoms. The minimum atomic E-state index is -0.577. The zero-order chi connectivity index (χ0) is 17.6. The highest BCUT2D eigenvalue weighted by Gasteiger charge is 2.26. The van der Waals surface area contributed by atoms with Crippen LogP contribution < -0.4 is 0 Å². The van der Waals surface area contributed by atoms with Gasteiger partial charge in [-0.1, -0.05) is 18.2 Å². The summed E-state index contributed by atoms with van der Waals surface area (Å²) in [7, 11) is 0. The smallest absolute Gasteiger partial charge is 0.128 e. The van der Waals surface area contributed by atoms with Crippen LogP contribution in [0.1, 0.15) is 24.0 Å². The Morgan fingerprint density at radius 2 is 2.24 bits per heavy atom. The lowest BCUT2D eigenvalue weighted by Gasteiger charge is -2.26. The topological polar surface area (TPSA) is 50.5 Å². The van der Waals surface area contributed by atoms with E-state index < -0.39 is 6.10 Å². The molecule has 0 spiro atoms. The van der Waals surface area contributed by atoms with Crippen molar-refractivity contribution in [3.8, 4) is 0 Å². The second kappa shape index (κ2) is 8.56. The van der Waals surface area contributed by atoms with Crippen molar-refractivity contribution in [2.24, 2.45) is 0 Å². The molecular weight excluding hydrogens is 321 g/mol. The Kier molecular flexibility index (Phi) is 6.18. The van der Waals surface area contributed by atoms with E-state index in [0.29, 0.717) is 18.2 Å². The Balaban J connectivity index is 1.43. The van der Waals surface area contributed by atoms with E-state index in [2.05, 4.69) is 10.00 Å². The van der Waals surface area contributed by atoms with E-state index in [4.69, 9.17) is 4.74 Å². The summed E-state index contributed by atoms with van der Waals surface area (Å²) >= 11 is 0. The van der Waals surface area contributed by atoms with Crippen LogP contribution >= 0.6 is 0 Å². The third-order valence-electron chi connectivity index (χ3n) is 4.63. The number of aryl methyl sites for hydroxylation is 1. The first-order valence-corrected chi connectivity index (χ1v) is 8.84. The highest BCUT2D eigenvalue weighted by atomic mass is 19.1. The average Bonchev–Trinajstić information content (AvgIpc) is 3.19. The molecule has 2 heterocycles. The van der Waals surface area contributed by atoms with E-state index >= 15 is 0 Å². The average molecular weight is 347 g/mol. The van der Waals surface area contributed by atoms with Crippen molar-refractivity contribution >= 4 is 0 Å². The molecule has 2 unspecified atom stereocenters. The maximum Gasteiger partial charge on any atom is 0.128 e. The summed E-state index contributed by atoms with van der Waals surface area (Å²) in [6.45, 7) is 4.82. The van der Waals surface area contributed by atoms with Gasteiger partial charge in [0.2, 0.25) is 0 Å². The van der Waals surface area contributed by atoms with Crippen LogP contribution in [0.4, 0.5) is 4.39 Å². The van der Waals surface area contributed by atoms with Crippen molar-refractivity contribution in [2.75, 3.05) is 19.7 Å². The standard InChI is InChI=1S/C19H26FN3O2/c1-15-9-21-23(10-15)11-17-6-4-8-22(17)12-18(24)14-25-13-16-5-2-3-7-19(16)20/h2-3,5,7,9-10,17-18,24H,4,6,8,11-14H2,1H3. The number of nitrogens with zero attached hydrogens (tertiary/aromatic N) is 3. The summed E-state index contributed by atoms with van der Waals surface area (Å²) < 4.78 is 21.0. The van der Waals surface area contributed by atoms with Gasteiger partial charge in [0.15, 0.2) is 0 Å². The molecule has 1 saturated heterocycles. The van der Waals surface area contributed by atoms with Crippen molar-refractivity contribution in [1.29, 1.82) is 0 Å². The van der Waals surface area contributed by atoms with E-state index in [0.717, 1.165) is 31.5 Å². The van der Waals surface area contributed by atoms with E-state index in [1.165, 1.54) is 6.07 Å². The number of halogens is 1. The molecule has 5 nitrogen and oxygen atoms in total. The van der Waals surface area contributed by atoms with Gasteiger partial charge in [0.1, 0.15) is 5.82 Å². The van der Waals surface area contributed by atoms with Gasteiger partial charge in [0.05, 0.1) is 32.1 Å². The Morgan fingerprint density at radius 1 is 1.40 bits per heavy atom. The molecule has 0 saturated carbocycles. The van der Waals surface area contributed by atoms with Crippen LogP contribution in [0.3, 0.4) is 0 Å². The second-order valence-corrected chi connectivity index (χ2v) is 6.79. The van der Waals surface area contributed by atoms with Gasteiger partial charge in [-0.15, -0.1) is 0 Å². The number of rotatable bonds is 8. The summed E-state index contributed by atoms with van der Waals surface area (Å²) in [6.07, 6.45) is 5.58. The lowest BCUT2D eigenvalue weighted by atomic mass is 10.2. The molecular formula is C19H26FN3O2. The normalized spacial score (nSPS) is 19.4. The van der Waals surface area contributed by atoms with Crippen molar-refractivity contribution in [3.05, 3.63) is 53.6 Å².